The number of carboxylic acid groups (broad SMARTS) is 1. The number of amides is 3. The maximum atomic E-state index is 13.0. The van der Waals surface area contributed by atoms with Gasteiger partial charge in [0.25, 0.3) is 0 Å². The molecule has 0 bridgehead atoms. The van der Waals surface area contributed by atoms with Crippen molar-refractivity contribution in [3.63, 3.8) is 0 Å². The lowest BCUT2D eigenvalue weighted by molar-refractivity contribution is -0.148. The lowest BCUT2D eigenvalue weighted by Gasteiger charge is -2.37. The summed E-state index contributed by atoms with van der Waals surface area (Å²) in [5, 5.41) is 9.25. The number of aliphatic carboxylic acids is 1. The van der Waals surface area contributed by atoms with Crippen LogP contribution in [-0.4, -0.2) is 71.3 Å². The van der Waals surface area contributed by atoms with Crippen LogP contribution in [0.3, 0.4) is 0 Å². The van der Waals surface area contributed by atoms with Crippen molar-refractivity contribution in [1.82, 2.24) is 9.80 Å². The summed E-state index contributed by atoms with van der Waals surface area (Å²) in [6.07, 6.45) is 2.72. The molecule has 1 N–H and O–H groups in total. The van der Waals surface area contributed by atoms with E-state index in [1.165, 1.54) is 0 Å². The van der Waals surface area contributed by atoms with Crippen molar-refractivity contribution in [3.05, 3.63) is 30.3 Å². The fraction of sp³-hybridized carbons (Fsp3) is 0.565. The molecule has 0 spiro atoms. The molecule has 31 heavy (non-hydrogen) atoms. The predicted molar refractivity (Wildman–Crippen MR) is 113 cm³/mol. The minimum absolute atomic E-state index is 0.0124. The maximum absolute atomic E-state index is 13.0. The van der Waals surface area contributed by atoms with E-state index in [0.717, 1.165) is 5.69 Å². The zero-order chi connectivity index (χ0) is 22.0. The number of rotatable bonds is 4. The number of carbonyl (C=O) groups excluding carboxylic acids is 3. The number of piperidine rings is 2. The molecule has 3 saturated heterocycles. The van der Waals surface area contributed by atoms with Gasteiger partial charge in [-0.1, -0.05) is 18.2 Å². The Labute approximate surface area is 181 Å². The van der Waals surface area contributed by atoms with E-state index in [0.29, 0.717) is 51.9 Å². The van der Waals surface area contributed by atoms with Gasteiger partial charge in [0.1, 0.15) is 0 Å². The van der Waals surface area contributed by atoms with Gasteiger partial charge in [0.2, 0.25) is 17.7 Å². The van der Waals surface area contributed by atoms with Crippen LogP contribution in [0.1, 0.15) is 32.1 Å². The standard InChI is InChI=1S/C23H29N3O5/c27-20-13-18(15-26(20)19-6-2-1-3-7-19)22(29)24-11-8-16(9-12-24)21(28)25-10-4-5-17(14-25)23(30)31/h1-3,6-7,16-18H,4-5,8-15H2,(H,30,31)/t17-,18+/m0/s1. The molecule has 8 nitrogen and oxygen atoms in total. The highest BCUT2D eigenvalue weighted by Gasteiger charge is 2.39. The van der Waals surface area contributed by atoms with Gasteiger partial charge in [-0.2, -0.15) is 0 Å². The maximum Gasteiger partial charge on any atom is 0.308 e. The summed E-state index contributed by atoms with van der Waals surface area (Å²) in [4.78, 5) is 54.7. The topological polar surface area (TPSA) is 98.2 Å². The molecule has 0 unspecified atom stereocenters. The monoisotopic (exact) mass is 427 g/mol. The highest BCUT2D eigenvalue weighted by atomic mass is 16.4. The number of hydrogen-bond donors (Lipinski definition) is 1. The van der Waals surface area contributed by atoms with Gasteiger partial charge in [-0.25, -0.2) is 0 Å². The molecule has 3 aliphatic heterocycles. The normalized spacial score (nSPS) is 25.0. The van der Waals surface area contributed by atoms with Crippen LogP contribution in [0.25, 0.3) is 0 Å². The predicted octanol–water partition coefficient (Wildman–Crippen LogP) is 1.60. The number of hydrogen-bond acceptors (Lipinski definition) is 4. The van der Waals surface area contributed by atoms with Crippen LogP contribution in [0.2, 0.25) is 0 Å². The summed E-state index contributed by atoms with van der Waals surface area (Å²) in [5.41, 5.74) is 0.813. The van der Waals surface area contributed by atoms with Gasteiger partial charge < -0.3 is 19.8 Å². The van der Waals surface area contributed by atoms with Crippen molar-refractivity contribution in [2.75, 3.05) is 37.6 Å². The van der Waals surface area contributed by atoms with Crippen molar-refractivity contribution in [2.45, 2.75) is 32.1 Å². The van der Waals surface area contributed by atoms with Crippen LogP contribution in [0.15, 0.2) is 30.3 Å². The van der Waals surface area contributed by atoms with E-state index >= 15 is 0 Å². The number of anilines is 1. The van der Waals surface area contributed by atoms with E-state index in [2.05, 4.69) is 0 Å². The van der Waals surface area contributed by atoms with Gasteiger partial charge in [-0.05, 0) is 37.8 Å². The van der Waals surface area contributed by atoms with Gasteiger partial charge in [-0.15, -0.1) is 0 Å². The number of carbonyl (C=O) groups is 4. The van der Waals surface area contributed by atoms with Gasteiger partial charge >= 0.3 is 5.97 Å². The first-order valence-corrected chi connectivity index (χ1v) is 11.1. The lowest BCUT2D eigenvalue weighted by atomic mass is 9.91. The third-order valence-electron chi connectivity index (χ3n) is 6.78. The third-order valence-corrected chi connectivity index (χ3v) is 6.78. The minimum Gasteiger partial charge on any atom is -0.481 e. The van der Waals surface area contributed by atoms with Crippen LogP contribution in [0.4, 0.5) is 5.69 Å². The number of nitrogens with zero attached hydrogens (tertiary/aromatic N) is 3. The van der Waals surface area contributed by atoms with E-state index in [-0.39, 0.29) is 42.5 Å². The van der Waals surface area contributed by atoms with E-state index in [9.17, 15) is 24.3 Å². The molecule has 3 fully saturated rings. The largest absolute Gasteiger partial charge is 0.481 e. The summed E-state index contributed by atoms with van der Waals surface area (Å²) >= 11 is 0. The Bertz CT molecular complexity index is 850. The summed E-state index contributed by atoms with van der Waals surface area (Å²) in [5.74, 6) is -1.86. The summed E-state index contributed by atoms with van der Waals surface area (Å²) in [6, 6.07) is 9.39. The highest BCUT2D eigenvalue weighted by Crippen LogP contribution is 2.29. The first-order valence-electron chi connectivity index (χ1n) is 11.1. The van der Waals surface area contributed by atoms with Crippen molar-refractivity contribution in [2.24, 2.45) is 17.8 Å². The van der Waals surface area contributed by atoms with E-state index < -0.39 is 11.9 Å². The first kappa shape index (κ1) is 21.3. The number of carboxylic acids is 1. The second-order valence-electron chi connectivity index (χ2n) is 8.80. The zero-order valence-electron chi connectivity index (χ0n) is 17.6. The van der Waals surface area contributed by atoms with Crippen molar-refractivity contribution in [1.29, 1.82) is 0 Å². The van der Waals surface area contributed by atoms with Crippen LogP contribution in [0, 0.1) is 17.8 Å². The Hall–Kier alpha value is -2.90. The fourth-order valence-corrected chi connectivity index (χ4v) is 4.97. The van der Waals surface area contributed by atoms with Gasteiger partial charge in [-0.3, -0.25) is 19.2 Å². The van der Waals surface area contributed by atoms with Crippen molar-refractivity contribution >= 4 is 29.4 Å². The molecule has 0 radical (unpaired) electrons. The average Bonchev–Trinajstić information content (AvgIpc) is 3.20. The molecule has 3 heterocycles. The molecular formula is C23H29N3O5. The average molecular weight is 428 g/mol. The second kappa shape index (κ2) is 9.08. The van der Waals surface area contributed by atoms with Gasteiger partial charge in [0.15, 0.2) is 0 Å². The van der Waals surface area contributed by atoms with Crippen LogP contribution >= 0.6 is 0 Å². The van der Waals surface area contributed by atoms with Crippen LogP contribution in [0.5, 0.6) is 0 Å². The quantitative estimate of drug-likeness (QED) is 0.787. The molecule has 3 aliphatic rings. The van der Waals surface area contributed by atoms with Gasteiger partial charge in [0, 0.05) is 50.7 Å². The highest BCUT2D eigenvalue weighted by molar-refractivity contribution is 6.00. The molecule has 0 saturated carbocycles. The molecule has 1 aromatic carbocycles. The Morgan fingerprint density at radius 2 is 1.48 bits per heavy atom. The van der Waals surface area contributed by atoms with Crippen LogP contribution in [-0.2, 0) is 19.2 Å². The summed E-state index contributed by atoms with van der Waals surface area (Å²) in [7, 11) is 0. The Morgan fingerprint density at radius 3 is 2.16 bits per heavy atom. The van der Waals surface area contributed by atoms with Crippen LogP contribution < -0.4 is 4.90 Å². The molecule has 166 valence electrons. The summed E-state index contributed by atoms with van der Waals surface area (Å²) in [6.45, 7) is 2.29. The van der Waals surface area contributed by atoms with Crippen molar-refractivity contribution < 1.29 is 24.3 Å². The molecule has 0 aliphatic carbocycles. The zero-order valence-corrected chi connectivity index (χ0v) is 17.6. The Balaban J connectivity index is 1.30. The summed E-state index contributed by atoms with van der Waals surface area (Å²) < 4.78 is 0. The first-order chi connectivity index (χ1) is 14.9. The SMILES string of the molecule is O=C(O)[C@H]1CCCN(C(=O)C2CCN(C(=O)[C@@H]3CC(=O)N(c4ccccc4)C3)CC2)C1. The molecule has 2 atom stereocenters. The second-order valence-corrected chi connectivity index (χ2v) is 8.80. The molecule has 0 aromatic heterocycles. The number of likely N-dealkylation sites (tertiary alicyclic amines) is 2. The third kappa shape index (κ3) is 4.57. The number of para-hydroxylation sites is 1. The molecule has 1 aromatic rings. The molecule has 3 amide bonds. The van der Waals surface area contributed by atoms with Gasteiger partial charge in [0.05, 0.1) is 11.8 Å². The Morgan fingerprint density at radius 1 is 0.806 bits per heavy atom. The minimum atomic E-state index is -0.839. The number of benzene rings is 1. The Kier molecular flexibility index (Phi) is 6.25. The van der Waals surface area contributed by atoms with E-state index in [4.69, 9.17) is 0 Å². The molecule has 4 rings (SSSR count). The van der Waals surface area contributed by atoms with Crippen molar-refractivity contribution in [3.8, 4) is 0 Å². The van der Waals surface area contributed by atoms with E-state index in [1.807, 2.05) is 30.3 Å². The lowest BCUT2D eigenvalue weighted by Crippen LogP contribution is -2.49. The van der Waals surface area contributed by atoms with E-state index in [1.54, 1.807) is 14.7 Å². The molecule has 8 heteroatoms. The molecular weight excluding hydrogens is 398 g/mol. The smallest absolute Gasteiger partial charge is 0.308 e. The fourth-order valence-electron chi connectivity index (χ4n) is 4.97.